The van der Waals surface area contributed by atoms with Gasteiger partial charge in [-0.25, -0.2) is 0 Å². The number of nitrogens with zero attached hydrogens (tertiary/aromatic N) is 2. The molecule has 0 N–H and O–H groups in total. The van der Waals surface area contributed by atoms with E-state index in [4.69, 9.17) is 0 Å². The van der Waals surface area contributed by atoms with Gasteiger partial charge in [-0.2, -0.15) is 0 Å². The molecule has 0 spiro atoms. The van der Waals surface area contributed by atoms with Gasteiger partial charge >= 0.3 is 0 Å². The van der Waals surface area contributed by atoms with Crippen LogP contribution in [0.1, 0.15) is 0 Å². The van der Waals surface area contributed by atoms with E-state index in [2.05, 4.69) is 312 Å². The van der Waals surface area contributed by atoms with Gasteiger partial charge < -0.3 is 9.13 Å². The topological polar surface area (TPSA) is 9.86 Å². The summed E-state index contributed by atoms with van der Waals surface area (Å²) in [5, 5.41) is 10.2. The van der Waals surface area contributed by atoms with E-state index in [1.54, 1.807) is 0 Å². The van der Waals surface area contributed by atoms with E-state index in [0.29, 0.717) is 0 Å². The molecule has 0 bridgehead atoms. The first-order valence-corrected chi connectivity index (χ1v) is 27.9. The third kappa shape index (κ3) is 7.39. The number of aromatic nitrogens is 2. The average molecular weight is 971 g/mol. The summed E-state index contributed by atoms with van der Waals surface area (Å²) in [6.45, 7) is 0. The fourth-order valence-electron chi connectivity index (χ4n) is 12.1. The summed E-state index contributed by atoms with van der Waals surface area (Å²) in [6, 6.07) is 113. The summed E-state index contributed by atoms with van der Waals surface area (Å²) in [6.07, 6.45) is 0. The fourth-order valence-corrected chi connectivity index (χ4v) is 16.9. The minimum absolute atomic E-state index is 1.16. The maximum Gasteiger partial charge on any atom is 0.179 e. The molecule has 14 aromatic rings. The molecule has 75 heavy (non-hydrogen) atoms. The van der Waals surface area contributed by atoms with Crippen LogP contribution in [0.2, 0.25) is 0 Å². The normalized spacial score (nSPS) is 11.7. The second-order valence-corrected chi connectivity index (χ2v) is 23.4. The third-order valence-electron chi connectivity index (χ3n) is 15.4. The Balaban J connectivity index is 1.05. The highest BCUT2D eigenvalue weighted by Gasteiger charge is 2.43. The van der Waals surface area contributed by atoms with Crippen LogP contribution < -0.4 is 20.7 Å². The predicted octanol–water partition coefficient (Wildman–Crippen LogP) is 15.9. The van der Waals surface area contributed by atoms with Crippen LogP contribution in [0.15, 0.2) is 303 Å². The Hall–Kier alpha value is -9.54. The number of fused-ring (bicyclic) bond motifs is 6. The molecule has 0 saturated heterocycles. The molecule has 0 aliphatic heterocycles. The van der Waals surface area contributed by atoms with Crippen molar-refractivity contribution in [3.05, 3.63) is 303 Å². The van der Waals surface area contributed by atoms with Crippen molar-refractivity contribution in [1.29, 1.82) is 0 Å². The first kappa shape index (κ1) is 44.2. The monoisotopic (exact) mass is 970 g/mol. The van der Waals surface area contributed by atoms with Crippen molar-refractivity contribution in [2.45, 2.75) is 0 Å². The molecule has 3 heteroatoms. The van der Waals surface area contributed by atoms with Gasteiger partial charge in [-0.3, -0.25) is 0 Å². The largest absolute Gasteiger partial charge is 0.309 e. The van der Waals surface area contributed by atoms with Crippen LogP contribution in [0.25, 0.3) is 99.5 Å². The molecule has 0 unspecified atom stereocenters. The van der Waals surface area contributed by atoms with Gasteiger partial charge in [-0.15, -0.1) is 0 Å². The lowest BCUT2D eigenvalue weighted by Crippen LogP contribution is -2.74. The quantitative estimate of drug-likeness (QED) is 0.0955. The average Bonchev–Trinajstić information content (AvgIpc) is 4.03. The zero-order valence-corrected chi connectivity index (χ0v) is 42.3. The Labute approximate surface area is 438 Å². The molecule has 0 radical (unpaired) electrons. The van der Waals surface area contributed by atoms with Gasteiger partial charge in [-0.05, 0) is 103 Å². The van der Waals surface area contributed by atoms with Crippen molar-refractivity contribution in [3.63, 3.8) is 0 Å². The number of hydrogen-bond acceptors (Lipinski definition) is 0. The summed E-state index contributed by atoms with van der Waals surface area (Å²) in [7, 11) is -3.12. The lowest BCUT2D eigenvalue weighted by molar-refractivity contribution is 1.18. The summed E-state index contributed by atoms with van der Waals surface area (Å²) in [5.74, 6) is 0. The van der Waals surface area contributed by atoms with Gasteiger partial charge in [0.15, 0.2) is 8.07 Å². The van der Waals surface area contributed by atoms with Gasteiger partial charge in [0, 0.05) is 38.4 Å². The third-order valence-corrected chi connectivity index (χ3v) is 20.2. The summed E-state index contributed by atoms with van der Waals surface area (Å²) in [4.78, 5) is 0. The SMILES string of the molecule is c1ccc(-c2cccc([Si](c3ccccc3)(c3ccccc3)c3cc(-c4ccccc4)c(-n4c5ccccc5c5cc(-c6ccc7c(c6)c6ccccc6n7-c6ccccc6)ccc54)c(-c4ccccc4)c3)c2)cc1. The molecule has 0 amide bonds. The molecular formula is C72H50N2Si. The highest BCUT2D eigenvalue weighted by molar-refractivity contribution is 7.20. The van der Waals surface area contributed by atoms with Crippen LogP contribution in [0.3, 0.4) is 0 Å². The van der Waals surface area contributed by atoms with Crippen molar-refractivity contribution < 1.29 is 0 Å². The van der Waals surface area contributed by atoms with Crippen molar-refractivity contribution >= 4 is 72.4 Å². The Kier molecular flexibility index (Phi) is 10.9. The Morgan fingerprint density at radius 1 is 0.213 bits per heavy atom. The zero-order chi connectivity index (χ0) is 49.7. The van der Waals surface area contributed by atoms with Gasteiger partial charge in [0.2, 0.25) is 0 Å². The van der Waals surface area contributed by atoms with E-state index < -0.39 is 8.07 Å². The van der Waals surface area contributed by atoms with Crippen LogP contribution >= 0.6 is 0 Å². The lowest BCUT2D eigenvalue weighted by atomic mass is 9.95. The first-order chi connectivity index (χ1) is 37.2. The van der Waals surface area contributed by atoms with Gasteiger partial charge in [0.25, 0.3) is 0 Å². The van der Waals surface area contributed by atoms with Crippen molar-refractivity contribution in [1.82, 2.24) is 9.13 Å². The van der Waals surface area contributed by atoms with E-state index in [1.165, 1.54) is 103 Å². The van der Waals surface area contributed by atoms with Crippen LogP contribution in [-0.4, -0.2) is 17.2 Å². The maximum absolute atomic E-state index is 3.12. The minimum Gasteiger partial charge on any atom is -0.309 e. The molecule has 352 valence electrons. The molecule has 2 nitrogen and oxygen atoms in total. The van der Waals surface area contributed by atoms with E-state index >= 15 is 0 Å². The second-order valence-electron chi connectivity index (χ2n) is 19.6. The molecule has 0 aliphatic carbocycles. The summed E-state index contributed by atoms with van der Waals surface area (Å²) < 4.78 is 4.95. The molecule has 0 atom stereocenters. The Morgan fingerprint density at radius 2 is 0.587 bits per heavy atom. The Morgan fingerprint density at radius 3 is 1.11 bits per heavy atom. The molecule has 0 aliphatic rings. The molecular weight excluding hydrogens is 921 g/mol. The van der Waals surface area contributed by atoms with Crippen LogP contribution in [-0.2, 0) is 0 Å². The van der Waals surface area contributed by atoms with Crippen molar-refractivity contribution in [2.24, 2.45) is 0 Å². The maximum atomic E-state index is 2.56. The number of benzene rings is 12. The van der Waals surface area contributed by atoms with Crippen LogP contribution in [0.4, 0.5) is 0 Å². The minimum atomic E-state index is -3.12. The summed E-state index contributed by atoms with van der Waals surface area (Å²) >= 11 is 0. The van der Waals surface area contributed by atoms with Gasteiger partial charge in [-0.1, -0.05) is 255 Å². The predicted molar refractivity (Wildman–Crippen MR) is 320 cm³/mol. The number of para-hydroxylation sites is 3. The standard InChI is InChI=1S/C72H50N2Si/c1-7-24-51(25-8-1)54-30-23-37-60(46-54)75(58-33-15-5-16-34-58,59-35-17-6-18-36-59)61-49-64(52-26-9-2-10-27-52)72(65(50-61)53-28-11-3-12-29-53)74-69-41-22-20-39-63(69)67-48-56(43-45-71(67)74)55-42-44-70-66(47-55)62-38-19-21-40-68(62)73(70)57-31-13-4-14-32-57/h1-50H. The number of hydrogen-bond donors (Lipinski definition) is 0. The molecule has 12 aromatic carbocycles. The van der Waals surface area contributed by atoms with Crippen LogP contribution in [0.5, 0.6) is 0 Å². The van der Waals surface area contributed by atoms with E-state index in [0.717, 1.165) is 16.9 Å². The summed E-state index contributed by atoms with van der Waals surface area (Å²) in [5.41, 5.74) is 16.5. The fraction of sp³-hybridized carbons (Fsp3) is 0. The second kappa shape index (κ2) is 18.5. The molecule has 2 heterocycles. The highest BCUT2D eigenvalue weighted by atomic mass is 28.3. The molecule has 2 aromatic heterocycles. The first-order valence-electron chi connectivity index (χ1n) is 25.9. The molecule has 14 rings (SSSR count). The lowest BCUT2D eigenvalue weighted by Gasteiger charge is -2.36. The van der Waals surface area contributed by atoms with Crippen molar-refractivity contribution in [2.75, 3.05) is 0 Å². The molecule has 0 saturated carbocycles. The van der Waals surface area contributed by atoms with Crippen LogP contribution in [0, 0.1) is 0 Å². The smallest absolute Gasteiger partial charge is 0.179 e. The van der Waals surface area contributed by atoms with Gasteiger partial charge in [0.05, 0.1) is 27.8 Å². The van der Waals surface area contributed by atoms with E-state index in [9.17, 15) is 0 Å². The highest BCUT2D eigenvalue weighted by Crippen LogP contribution is 2.43. The zero-order valence-electron chi connectivity index (χ0n) is 41.3. The number of rotatable bonds is 10. The van der Waals surface area contributed by atoms with E-state index in [1.807, 2.05) is 0 Å². The Bertz CT molecular complexity index is 4270. The van der Waals surface area contributed by atoms with Crippen molar-refractivity contribution in [3.8, 4) is 55.9 Å². The molecule has 0 fully saturated rings. The van der Waals surface area contributed by atoms with Gasteiger partial charge in [0.1, 0.15) is 0 Å². The van der Waals surface area contributed by atoms with E-state index in [-0.39, 0.29) is 0 Å².